The van der Waals surface area contributed by atoms with Gasteiger partial charge in [-0.3, -0.25) is 25.3 Å². The summed E-state index contributed by atoms with van der Waals surface area (Å²) >= 11 is 0. The molecule has 0 radical (unpaired) electrons. The summed E-state index contributed by atoms with van der Waals surface area (Å²) in [6, 6.07) is 15.7. The van der Waals surface area contributed by atoms with Crippen molar-refractivity contribution in [1.29, 1.82) is 0 Å². The highest BCUT2D eigenvalue weighted by molar-refractivity contribution is 5.95. The number of hydrogen-bond acceptors (Lipinski definition) is 4. The van der Waals surface area contributed by atoms with Crippen molar-refractivity contribution in [2.75, 3.05) is 31.6 Å². The summed E-state index contributed by atoms with van der Waals surface area (Å²) in [7, 11) is 1.88. The zero-order valence-electron chi connectivity index (χ0n) is 17.9. The van der Waals surface area contributed by atoms with Crippen LogP contribution in [0.4, 0.5) is 5.69 Å². The van der Waals surface area contributed by atoms with Crippen molar-refractivity contribution >= 4 is 17.5 Å². The van der Waals surface area contributed by atoms with Crippen molar-refractivity contribution in [3.63, 3.8) is 0 Å². The average Bonchev–Trinajstić information content (AvgIpc) is 2.74. The molecule has 2 amide bonds. The van der Waals surface area contributed by atoms with E-state index in [2.05, 4.69) is 60.8 Å². The van der Waals surface area contributed by atoms with Gasteiger partial charge in [-0.2, -0.15) is 0 Å². The maximum Gasteiger partial charge on any atom is 0.269 e. The predicted molar refractivity (Wildman–Crippen MR) is 118 cm³/mol. The number of nitrogens with zero attached hydrogens (tertiary/aromatic N) is 2. The first-order valence-electron chi connectivity index (χ1n) is 10.2. The van der Waals surface area contributed by atoms with E-state index in [9.17, 15) is 9.59 Å². The average molecular weight is 397 g/mol. The minimum absolute atomic E-state index is 0.191. The lowest BCUT2D eigenvalue weighted by Crippen LogP contribution is -2.45. The Labute approximate surface area is 173 Å². The number of amides is 2. The van der Waals surface area contributed by atoms with Crippen molar-refractivity contribution in [2.24, 2.45) is 0 Å². The summed E-state index contributed by atoms with van der Waals surface area (Å²) in [5.41, 5.74) is 8.99. The molecule has 0 heterocycles. The molecule has 6 heteroatoms. The number of rotatable bonds is 9. The highest BCUT2D eigenvalue weighted by Crippen LogP contribution is 2.14. The van der Waals surface area contributed by atoms with Crippen LogP contribution in [0.3, 0.4) is 0 Å². The smallest absolute Gasteiger partial charge is 0.269 e. The van der Waals surface area contributed by atoms with Crippen LogP contribution in [0.25, 0.3) is 0 Å². The van der Waals surface area contributed by atoms with Gasteiger partial charge < -0.3 is 4.90 Å². The Balaban J connectivity index is 1.79. The summed E-state index contributed by atoms with van der Waals surface area (Å²) in [6.07, 6.45) is 1.01. The summed E-state index contributed by atoms with van der Waals surface area (Å²) in [5, 5.41) is 0. The Kier molecular flexibility index (Phi) is 8.68. The third-order valence-corrected chi connectivity index (χ3v) is 4.87. The van der Waals surface area contributed by atoms with Gasteiger partial charge in [0, 0.05) is 30.9 Å². The van der Waals surface area contributed by atoms with Crippen molar-refractivity contribution in [3.8, 4) is 0 Å². The number of benzene rings is 2. The molecular formula is C23H32N4O2. The number of carbonyl (C=O) groups is 2. The van der Waals surface area contributed by atoms with Gasteiger partial charge in [0.25, 0.3) is 11.8 Å². The largest absolute Gasteiger partial charge is 0.372 e. The van der Waals surface area contributed by atoms with Gasteiger partial charge in [0.15, 0.2) is 0 Å². The van der Waals surface area contributed by atoms with E-state index < -0.39 is 0 Å². The first-order valence-corrected chi connectivity index (χ1v) is 10.2. The molecule has 0 aliphatic carbocycles. The molecule has 0 bridgehead atoms. The van der Waals surface area contributed by atoms with Gasteiger partial charge in [-0.05, 0) is 62.7 Å². The number of aryl methyl sites for hydroxylation is 1. The van der Waals surface area contributed by atoms with E-state index in [0.29, 0.717) is 12.1 Å². The van der Waals surface area contributed by atoms with Crippen LogP contribution in [0, 0.1) is 0 Å². The van der Waals surface area contributed by atoms with E-state index >= 15 is 0 Å². The van der Waals surface area contributed by atoms with Crippen LogP contribution in [-0.2, 0) is 17.8 Å². The second-order valence-corrected chi connectivity index (χ2v) is 7.06. The van der Waals surface area contributed by atoms with Gasteiger partial charge in [0.2, 0.25) is 0 Å². The standard InChI is InChI=1S/C23H32N4O2/c1-5-18-8-10-19(11-9-18)16-26(4)17-22(28)24-25-23(29)20-12-14-21(15-13-20)27(6-2)7-3/h8-15H,5-7,16-17H2,1-4H3,(H,24,28)(H,25,29). The normalized spacial score (nSPS) is 10.7. The molecule has 0 spiro atoms. The molecule has 0 aliphatic rings. The molecule has 2 rings (SSSR count). The summed E-state index contributed by atoms with van der Waals surface area (Å²) in [5.74, 6) is -0.590. The van der Waals surface area contributed by atoms with E-state index in [0.717, 1.165) is 30.8 Å². The zero-order chi connectivity index (χ0) is 21.2. The summed E-state index contributed by atoms with van der Waals surface area (Å²) in [4.78, 5) is 28.5. The van der Waals surface area contributed by atoms with Gasteiger partial charge in [0.1, 0.15) is 0 Å². The van der Waals surface area contributed by atoms with Gasteiger partial charge in [-0.1, -0.05) is 31.2 Å². The first kappa shape index (κ1) is 22.4. The van der Waals surface area contributed by atoms with E-state index in [1.54, 1.807) is 12.1 Å². The Morgan fingerprint density at radius 3 is 1.97 bits per heavy atom. The Morgan fingerprint density at radius 1 is 0.828 bits per heavy atom. The molecule has 2 aromatic carbocycles. The maximum absolute atomic E-state index is 12.3. The number of likely N-dealkylation sites (N-methyl/N-ethyl adjacent to an activating group) is 1. The molecule has 0 fully saturated rings. The molecule has 0 atom stereocenters. The number of nitrogens with one attached hydrogen (secondary N) is 2. The van der Waals surface area contributed by atoms with Crippen molar-refractivity contribution in [3.05, 3.63) is 65.2 Å². The molecular weight excluding hydrogens is 364 g/mol. The van der Waals surface area contributed by atoms with E-state index in [-0.39, 0.29) is 18.4 Å². The lowest BCUT2D eigenvalue weighted by atomic mass is 10.1. The Morgan fingerprint density at radius 2 is 1.41 bits per heavy atom. The zero-order valence-corrected chi connectivity index (χ0v) is 17.9. The first-order chi connectivity index (χ1) is 14.0. The second kappa shape index (κ2) is 11.2. The van der Waals surface area contributed by atoms with Crippen molar-refractivity contribution < 1.29 is 9.59 Å². The minimum Gasteiger partial charge on any atom is -0.372 e. The predicted octanol–water partition coefficient (Wildman–Crippen LogP) is 2.99. The van der Waals surface area contributed by atoms with E-state index in [4.69, 9.17) is 0 Å². The number of anilines is 1. The maximum atomic E-state index is 12.3. The second-order valence-electron chi connectivity index (χ2n) is 7.06. The van der Waals surface area contributed by atoms with Crippen LogP contribution in [0.5, 0.6) is 0 Å². The van der Waals surface area contributed by atoms with E-state index in [1.807, 2.05) is 24.1 Å². The highest BCUT2D eigenvalue weighted by Gasteiger charge is 2.11. The lowest BCUT2D eigenvalue weighted by Gasteiger charge is -2.21. The lowest BCUT2D eigenvalue weighted by molar-refractivity contribution is -0.122. The number of hydrogen-bond donors (Lipinski definition) is 2. The number of hydrazine groups is 1. The van der Waals surface area contributed by atoms with Crippen LogP contribution in [0.1, 0.15) is 42.3 Å². The molecule has 156 valence electrons. The molecule has 0 saturated carbocycles. The van der Waals surface area contributed by atoms with Crippen LogP contribution < -0.4 is 15.8 Å². The number of carbonyl (C=O) groups excluding carboxylic acids is 2. The third kappa shape index (κ3) is 6.91. The van der Waals surface area contributed by atoms with Gasteiger partial charge >= 0.3 is 0 Å². The van der Waals surface area contributed by atoms with Crippen LogP contribution in [-0.4, -0.2) is 43.4 Å². The van der Waals surface area contributed by atoms with Gasteiger partial charge in [-0.25, -0.2) is 0 Å². The van der Waals surface area contributed by atoms with Crippen LogP contribution >= 0.6 is 0 Å². The fourth-order valence-corrected chi connectivity index (χ4v) is 3.14. The SMILES string of the molecule is CCc1ccc(CN(C)CC(=O)NNC(=O)c2ccc(N(CC)CC)cc2)cc1. The topological polar surface area (TPSA) is 64.7 Å². The van der Waals surface area contributed by atoms with Gasteiger partial charge in [-0.15, -0.1) is 0 Å². The minimum atomic E-state index is -0.331. The third-order valence-electron chi connectivity index (χ3n) is 4.87. The monoisotopic (exact) mass is 396 g/mol. The Bertz CT molecular complexity index is 784. The molecule has 0 aliphatic heterocycles. The highest BCUT2D eigenvalue weighted by atomic mass is 16.2. The molecule has 0 aromatic heterocycles. The Hall–Kier alpha value is -2.86. The van der Waals surface area contributed by atoms with Gasteiger partial charge in [0.05, 0.1) is 6.54 Å². The quantitative estimate of drug-likeness (QED) is 0.640. The molecule has 0 unspecified atom stereocenters. The fourth-order valence-electron chi connectivity index (χ4n) is 3.14. The molecule has 6 nitrogen and oxygen atoms in total. The summed E-state index contributed by atoms with van der Waals surface area (Å²) < 4.78 is 0. The molecule has 2 N–H and O–H groups in total. The van der Waals surface area contributed by atoms with Crippen LogP contribution in [0.2, 0.25) is 0 Å². The molecule has 2 aromatic rings. The van der Waals surface area contributed by atoms with Crippen molar-refractivity contribution in [1.82, 2.24) is 15.8 Å². The molecule has 0 saturated heterocycles. The van der Waals surface area contributed by atoms with Crippen LogP contribution in [0.15, 0.2) is 48.5 Å². The van der Waals surface area contributed by atoms with Crippen molar-refractivity contribution in [2.45, 2.75) is 33.7 Å². The summed E-state index contributed by atoms with van der Waals surface area (Å²) in [6.45, 7) is 8.99. The van der Waals surface area contributed by atoms with E-state index in [1.165, 1.54) is 5.56 Å². The fraction of sp³-hybridized carbons (Fsp3) is 0.391. The molecule has 29 heavy (non-hydrogen) atoms.